The smallest absolute Gasteiger partial charge is 0.416 e. The number of methoxy groups -OCH3 is 1. The summed E-state index contributed by atoms with van der Waals surface area (Å²) in [5, 5.41) is 9.32. The standard InChI is InChI=1S/C20H19F3N4O2/c1-12(13-7-9-14(10-8-13)20(21,22)23)11-17(28)24-19-25-18(26-27-19)15-5-3-4-6-16(15)29-2/h3-10,12H,11H2,1-2H3,(H2,24,25,26,27,28). The number of benzene rings is 2. The van der Waals surface area contributed by atoms with Gasteiger partial charge in [-0.25, -0.2) is 0 Å². The van der Waals surface area contributed by atoms with Crippen molar-refractivity contribution in [3.8, 4) is 17.1 Å². The van der Waals surface area contributed by atoms with Crippen LogP contribution in [0.3, 0.4) is 0 Å². The number of hydrogen-bond acceptors (Lipinski definition) is 4. The zero-order valence-corrected chi connectivity index (χ0v) is 15.7. The Morgan fingerprint density at radius 2 is 1.86 bits per heavy atom. The van der Waals surface area contributed by atoms with Crippen LogP contribution in [0.25, 0.3) is 11.4 Å². The third-order valence-corrected chi connectivity index (χ3v) is 4.40. The van der Waals surface area contributed by atoms with E-state index in [4.69, 9.17) is 4.74 Å². The number of halogens is 3. The first kappa shape index (κ1) is 20.4. The van der Waals surface area contributed by atoms with Crippen LogP contribution in [0, 0.1) is 0 Å². The van der Waals surface area contributed by atoms with Crippen LogP contribution in [0.2, 0.25) is 0 Å². The van der Waals surface area contributed by atoms with Gasteiger partial charge < -0.3 is 4.74 Å². The molecular formula is C20H19F3N4O2. The Morgan fingerprint density at radius 3 is 2.52 bits per heavy atom. The highest BCUT2D eigenvalue weighted by atomic mass is 19.4. The third kappa shape index (κ3) is 4.92. The molecule has 0 aliphatic carbocycles. The van der Waals surface area contributed by atoms with Crippen LogP contribution in [0.5, 0.6) is 5.75 Å². The van der Waals surface area contributed by atoms with Crippen LogP contribution in [-0.2, 0) is 11.0 Å². The number of aromatic nitrogens is 3. The molecule has 2 aromatic carbocycles. The number of alkyl halides is 3. The van der Waals surface area contributed by atoms with Crippen molar-refractivity contribution in [2.24, 2.45) is 0 Å². The maximum atomic E-state index is 12.7. The van der Waals surface area contributed by atoms with Gasteiger partial charge in [-0.2, -0.15) is 18.2 Å². The SMILES string of the molecule is COc1ccccc1-c1nc(NC(=O)CC(C)c2ccc(C(F)(F)F)cc2)n[nH]1. The number of ether oxygens (including phenoxy) is 1. The van der Waals surface area contributed by atoms with Crippen molar-refractivity contribution in [1.29, 1.82) is 0 Å². The summed E-state index contributed by atoms with van der Waals surface area (Å²) in [5.41, 5.74) is 0.612. The topological polar surface area (TPSA) is 79.9 Å². The summed E-state index contributed by atoms with van der Waals surface area (Å²) in [6, 6.07) is 12.0. The molecular weight excluding hydrogens is 385 g/mol. The monoisotopic (exact) mass is 404 g/mol. The van der Waals surface area contributed by atoms with E-state index in [0.29, 0.717) is 22.7 Å². The van der Waals surface area contributed by atoms with E-state index >= 15 is 0 Å². The minimum absolute atomic E-state index is 0.0733. The molecule has 2 N–H and O–H groups in total. The van der Waals surface area contributed by atoms with Crippen LogP contribution in [0.15, 0.2) is 48.5 Å². The number of nitrogens with zero attached hydrogens (tertiary/aromatic N) is 2. The second kappa shape index (κ2) is 8.34. The van der Waals surface area contributed by atoms with Crippen molar-refractivity contribution in [1.82, 2.24) is 15.2 Å². The van der Waals surface area contributed by atoms with Crippen molar-refractivity contribution >= 4 is 11.9 Å². The highest BCUT2D eigenvalue weighted by Crippen LogP contribution is 2.31. The maximum Gasteiger partial charge on any atom is 0.416 e. The molecule has 152 valence electrons. The first-order valence-corrected chi connectivity index (χ1v) is 8.80. The molecule has 0 saturated carbocycles. The van der Waals surface area contributed by atoms with Gasteiger partial charge in [-0.15, -0.1) is 5.10 Å². The molecule has 0 aliphatic heterocycles. The van der Waals surface area contributed by atoms with Gasteiger partial charge in [0.05, 0.1) is 18.2 Å². The van der Waals surface area contributed by atoms with Gasteiger partial charge in [-0.05, 0) is 35.7 Å². The largest absolute Gasteiger partial charge is 0.496 e. The molecule has 29 heavy (non-hydrogen) atoms. The highest BCUT2D eigenvalue weighted by molar-refractivity contribution is 5.89. The Labute approximate surface area is 165 Å². The molecule has 1 aromatic heterocycles. The molecule has 3 rings (SSSR count). The molecule has 0 spiro atoms. The molecule has 1 heterocycles. The molecule has 1 atom stereocenters. The lowest BCUT2D eigenvalue weighted by molar-refractivity contribution is -0.137. The predicted octanol–water partition coefficient (Wildman–Crippen LogP) is 4.63. The zero-order chi connectivity index (χ0) is 21.0. The minimum atomic E-state index is -4.39. The van der Waals surface area contributed by atoms with Gasteiger partial charge in [0.25, 0.3) is 0 Å². The summed E-state index contributed by atoms with van der Waals surface area (Å²) in [4.78, 5) is 16.5. The lowest BCUT2D eigenvalue weighted by atomic mass is 9.96. The predicted molar refractivity (Wildman–Crippen MR) is 101 cm³/mol. The summed E-state index contributed by atoms with van der Waals surface area (Å²) in [6.45, 7) is 1.76. The molecule has 6 nitrogen and oxygen atoms in total. The first-order valence-electron chi connectivity index (χ1n) is 8.80. The number of rotatable bonds is 6. The second-order valence-electron chi connectivity index (χ2n) is 6.48. The minimum Gasteiger partial charge on any atom is -0.496 e. The number of amides is 1. The van der Waals surface area contributed by atoms with Gasteiger partial charge in [0.2, 0.25) is 11.9 Å². The lowest BCUT2D eigenvalue weighted by Crippen LogP contribution is -2.15. The Balaban J connectivity index is 1.63. The van der Waals surface area contributed by atoms with Crippen LogP contribution in [0.1, 0.15) is 30.4 Å². The molecule has 0 radical (unpaired) electrons. The van der Waals surface area contributed by atoms with Gasteiger partial charge in [-0.3, -0.25) is 15.2 Å². The quantitative estimate of drug-likeness (QED) is 0.628. The average Bonchev–Trinajstić information content (AvgIpc) is 3.15. The van der Waals surface area contributed by atoms with Crippen molar-refractivity contribution in [3.63, 3.8) is 0 Å². The summed E-state index contributed by atoms with van der Waals surface area (Å²) in [5.74, 6) is 0.536. The van der Waals surface area contributed by atoms with E-state index < -0.39 is 11.7 Å². The molecule has 3 aromatic rings. The molecule has 1 amide bonds. The van der Waals surface area contributed by atoms with E-state index in [2.05, 4.69) is 20.5 Å². The number of carbonyl (C=O) groups is 1. The molecule has 0 aliphatic rings. The number of nitrogens with one attached hydrogen (secondary N) is 2. The highest BCUT2D eigenvalue weighted by Gasteiger charge is 2.30. The lowest BCUT2D eigenvalue weighted by Gasteiger charge is -2.13. The maximum absolute atomic E-state index is 12.7. The van der Waals surface area contributed by atoms with Crippen LogP contribution in [-0.4, -0.2) is 28.2 Å². The Hall–Kier alpha value is -3.36. The number of aromatic amines is 1. The second-order valence-corrected chi connectivity index (χ2v) is 6.48. The van der Waals surface area contributed by atoms with E-state index in [0.717, 1.165) is 12.1 Å². The van der Waals surface area contributed by atoms with Gasteiger partial charge in [-0.1, -0.05) is 31.2 Å². The summed E-state index contributed by atoms with van der Waals surface area (Å²) < 4.78 is 43.2. The molecule has 1 unspecified atom stereocenters. The van der Waals surface area contributed by atoms with Gasteiger partial charge in [0.15, 0.2) is 5.82 Å². The van der Waals surface area contributed by atoms with Crippen LogP contribution >= 0.6 is 0 Å². The van der Waals surface area contributed by atoms with Crippen molar-refractivity contribution in [2.75, 3.05) is 12.4 Å². The summed E-state index contributed by atoms with van der Waals surface area (Å²) in [7, 11) is 1.54. The Bertz CT molecular complexity index is 984. The van der Waals surface area contributed by atoms with E-state index in [1.165, 1.54) is 12.1 Å². The number of anilines is 1. The van der Waals surface area contributed by atoms with Crippen molar-refractivity contribution in [3.05, 3.63) is 59.7 Å². The fourth-order valence-electron chi connectivity index (χ4n) is 2.85. The van der Waals surface area contributed by atoms with Gasteiger partial charge in [0.1, 0.15) is 5.75 Å². The number of hydrogen-bond donors (Lipinski definition) is 2. The first-order chi connectivity index (χ1) is 13.8. The Morgan fingerprint density at radius 1 is 1.17 bits per heavy atom. The van der Waals surface area contributed by atoms with Crippen molar-refractivity contribution < 1.29 is 22.7 Å². The van der Waals surface area contributed by atoms with E-state index in [1.807, 2.05) is 12.1 Å². The van der Waals surface area contributed by atoms with Gasteiger partial charge >= 0.3 is 6.18 Å². The van der Waals surface area contributed by atoms with Crippen LogP contribution < -0.4 is 10.1 Å². The fourth-order valence-corrected chi connectivity index (χ4v) is 2.85. The Kier molecular flexibility index (Phi) is 5.86. The third-order valence-electron chi connectivity index (χ3n) is 4.40. The average molecular weight is 404 g/mol. The van der Waals surface area contributed by atoms with E-state index in [-0.39, 0.29) is 24.2 Å². The van der Waals surface area contributed by atoms with Gasteiger partial charge in [0, 0.05) is 6.42 Å². The molecule has 0 fully saturated rings. The van der Waals surface area contributed by atoms with E-state index in [1.54, 1.807) is 26.2 Å². The fraction of sp³-hybridized carbons (Fsp3) is 0.250. The summed E-state index contributed by atoms with van der Waals surface area (Å²) >= 11 is 0. The molecule has 9 heteroatoms. The van der Waals surface area contributed by atoms with Crippen LogP contribution in [0.4, 0.5) is 19.1 Å². The normalized spacial score (nSPS) is 12.4. The number of carbonyl (C=O) groups excluding carboxylic acids is 1. The molecule has 0 saturated heterocycles. The number of H-pyrrole nitrogens is 1. The van der Waals surface area contributed by atoms with E-state index in [9.17, 15) is 18.0 Å². The van der Waals surface area contributed by atoms with Crippen molar-refractivity contribution in [2.45, 2.75) is 25.4 Å². The summed E-state index contributed by atoms with van der Waals surface area (Å²) in [6.07, 6.45) is -4.31. The zero-order valence-electron chi connectivity index (χ0n) is 15.7. The molecule has 0 bridgehead atoms. The number of para-hydroxylation sites is 1.